The van der Waals surface area contributed by atoms with E-state index in [1.807, 2.05) is 0 Å². The maximum absolute atomic E-state index is 12.9. The molecule has 0 radical (unpaired) electrons. The second-order valence-corrected chi connectivity index (χ2v) is 11.1. The Morgan fingerprint density at radius 3 is 1.98 bits per heavy atom. The van der Waals surface area contributed by atoms with Crippen LogP contribution < -0.4 is 19.8 Å². The number of esters is 5. The van der Waals surface area contributed by atoms with Crippen molar-refractivity contribution >= 4 is 40.8 Å². The second kappa shape index (κ2) is 18.0. The van der Waals surface area contributed by atoms with Crippen molar-refractivity contribution in [1.29, 1.82) is 0 Å². The van der Waals surface area contributed by atoms with Gasteiger partial charge in [-0.05, 0) is 18.6 Å². The van der Waals surface area contributed by atoms with Crippen LogP contribution in [0.3, 0.4) is 0 Å². The van der Waals surface area contributed by atoms with Gasteiger partial charge in [0.15, 0.2) is 18.0 Å². The van der Waals surface area contributed by atoms with E-state index in [9.17, 15) is 28.8 Å². The van der Waals surface area contributed by atoms with Gasteiger partial charge in [0.2, 0.25) is 12.4 Å². The molecule has 1 fully saturated rings. The molecule has 264 valence electrons. The van der Waals surface area contributed by atoms with Gasteiger partial charge in [-0.15, -0.1) is 0 Å². The lowest BCUT2D eigenvalue weighted by molar-refractivity contribution is -0.288. The van der Waals surface area contributed by atoms with Crippen molar-refractivity contribution in [2.75, 3.05) is 13.2 Å². The fourth-order valence-corrected chi connectivity index (χ4v) is 5.06. The van der Waals surface area contributed by atoms with Crippen LogP contribution in [0.1, 0.15) is 80.1 Å². The van der Waals surface area contributed by atoms with Crippen LogP contribution in [0, 0.1) is 0 Å². The molecule has 15 heteroatoms. The number of unbranched alkanes of at least 4 members (excludes halogenated alkanes) is 5. The summed E-state index contributed by atoms with van der Waals surface area (Å²) in [7, 11) is 0. The number of benzene rings is 1. The molecule has 0 saturated carbocycles. The van der Waals surface area contributed by atoms with Crippen LogP contribution in [-0.2, 0) is 47.7 Å². The van der Waals surface area contributed by atoms with E-state index in [1.54, 1.807) is 0 Å². The summed E-state index contributed by atoms with van der Waals surface area (Å²) in [4.78, 5) is 72.6. The summed E-state index contributed by atoms with van der Waals surface area (Å²) >= 11 is 0. The summed E-state index contributed by atoms with van der Waals surface area (Å²) in [6.07, 6.45) is -1.01. The zero-order valence-corrected chi connectivity index (χ0v) is 27.9. The Balaban J connectivity index is 1.99. The summed E-state index contributed by atoms with van der Waals surface area (Å²) in [5, 5.41) is 0.297. The Labute approximate surface area is 277 Å². The Morgan fingerprint density at radius 1 is 0.729 bits per heavy atom. The van der Waals surface area contributed by atoms with Gasteiger partial charge in [-0.1, -0.05) is 39.0 Å². The highest BCUT2D eigenvalue weighted by Crippen LogP contribution is 2.36. The minimum atomic E-state index is -1.52. The highest BCUT2D eigenvalue weighted by molar-refractivity contribution is 5.87. The van der Waals surface area contributed by atoms with Crippen molar-refractivity contribution in [2.24, 2.45) is 0 Å². The molecule has 0 amide bonds. The number of hydrogen-bond donors (Lipinski definition) is 0. The van der Waals surface area contributed by atoms with Crippen LogP contribution in [0.4, 0.5) is 0 Å². The van der Waals surface area contributed by atoms with Crippen molar-refractivity contribution < 1.29 is 66.3 Å². The quantitative estimate of drug-likeness (QED) is 0.107. The van der Waals surface area contributed by atoms with Gasteiger partial charge in [0.25, 0.3) is 5.75 Å². The Hall–Kier alpha value is -4.66. The van der Waals surface area contributed by atoms with Crippen molar-refractivity contribution in [3.05, 3.63) is 28.6 Å². The fraction of sp³-hybridized carbons (Fsp3) is 0.576. The standard InChI is InChI=1S/C33H42O15/c1-7-8-9-10-11-12-15-40-27-24-14-13-23(16-25(24)47-32(39)30(27)44-21(5)37)46-33-31(45-22(6)38)29(43-20(4)36)28(42-19(3)35)26(48-33)17-41-18(2)34/h13-14,16,26,28-29,31,33H,7-12,15,17H2,1-6H3/t26-,28-,29+,31-,33-/m1/s1. The highest BCUT2D eigenvalue weighted by Gasteiger charge is 2.53. The zero-order valence-electron chi connectivity index (χ0n) is 27.9. The lowest BCUT2D eigenvalue weighted by Gasteiger charge is -2.43. The molecule has 1 aliphatic rings. The molecule has 48 heavy (non-hydrogen) atoms. The van der Waals surface area contributed by atoms with Gasteiger partial charge in [0.1, 0.15) is 24.0 Å². The average Bonchev–Trinajstić information content (AvgIpc) is 2.99. The van der Waals surface area contributed by atoms with Crippen LogP contribution in [-0.4, -0.2) is 73.8 Å². The lowest BCUT2D eigenvalue weighted by atomic mass is 9.98. The predicted octanol–water partition coefficient (Wildman–Crippen LogP) is 3.92. The largest absolute Gasteiger partial charge is 0.489 e. The third kappa shape index (κ3) is 11.0. The number of rotatable bonds is 16. The molecule has 1 aromatic heterocycles. The van der Waals surface area contributed by atoms with Crippen LogP contribution in [0.2, 0.25) is 0 Å². The molecule has 0 N–H and O–H groups in total. The van der Waals surface area contributed by atoms with Crippen molar-refractivity contribution in [3.63, 3.8) is 0 Å². The molecular weight excluding hydrogens is 636 g/mol. The zero-order chi connectivity index (χ0) is 35.4. The molecule has 0 spiro atoms. The molecule has 2 aromatic rings. The predicted molar refractivity (Wildman–Crippen MR) is 165 cm³/mol. The molecule has 1 aliphatic heterocycles. The molecule has 2 heterocycles. The van der Waals surface area contributed by atoms with Crippen molar-refractivity contribution in [2.45, 2.75) is 111 Å². The van der Waals surface area contributed by atoms with Gasteiger partial charge in [0.05, 0.1) is 12.0 Å². The molecule has 1 aromatic carbocycles. The first-order valence-electron chi connectivity index (χ1n) is 15.7. The topological polar surface area (TPSA) is 189 Å². The van der Waals surface area contributed by atoms with E-state index in [0.29, 0.717) is 11.8 Å². The Kier molecular flexibility index (Phi) is 14.2. The van der Waals surface area contributed by atoms with E-state index in [0.717, 1.165) is 66.7 Å². The van der Waals surface area contributed by atoms with Gasteiger partial charge < -0.3 is 42.3 Å². The minimum Gasteiger partial charge on any atom is -0.489 e. The van der Waals surface area contributed by atoms with Crippen molar-refractivity contribution in [1.82, 2.24) is 0 Å². The van der Waals surface area contributed by atoms with Crippen LogP contribution in [0.15, 0.2) is 27.4 Å². The summed E-state index contributed by atoms with van der Waals surface area (Å²) in [6.45, 7) is 7.56. The summed E-state index contributed by atoms with van der Waals surface area (Å²) in [5.41, 5.74) is -0.975. The Morgan fingerprint density at radius 2 is 1.35 bits per heavy atom. The third-order valence-electron chi connectivity index (χ3n) is 6.98. The third-order valence-corrected chi connectivity index (χ3v) is 6.98. The van der Waals surface area contributed by atoms with Crippen molar-refractivity contribution in [3.8, 4) is 17.2 Å². The van der Waals surface area contributed by atoms with Crippen LogP contribution in [0.5, 0.6) is 17.2 Å². The smallest absolute Gasteiger partial charge is 0.383 e. The molecule has 1 saturated heterocycles. The molecule has 0 unspecified atom stereocenters. The van der Waals surface area contributed by atoms with E-state index in [1.165, 1.54) is 18.2 Å². The molecule has 0 aliphatic carbocycles. The SMILES string of the molecule is CCCCCCCCOc1c(OC(C)=O)c(=O)oc2cc(O[C@@H]3O[C@H](COC(C)=O)[C@@H](OC(C)=O)[C@H](OC(C)=O)[C@H]3OC(C)=O)ccc12. The molecular formula is C33H42O15. The maximum atomic E-state index is 12.9. The number of carbonyl (C=O) groups is 5. The van der Waals surface area contributed by atoms with Gasteiger partial charge >= 0.3 is 35.5 Å². The average molecular weight is 679 g/mol. The first-order valence-corrected chi connectivity index (χ1v) is 15.7. The highest BCUT2D eigenvalue weighted by atomic mass is 16.7. The number of fused-ring (bicyclic) bond motifs is 1. The van der Waals surface area contributed by atoms with E-state index in [4.69, 9.17) is 42.3 Å². The number of hydrogen-bond acceptors (Lipinski definition) is 15. The van der Waals surface area contributed by atoms with E-state index < -0.39 is 78.5 Å². The lowest BCUT2D eigenvalue weighted by Crippen LogP contribution is -2.63. The van der Waals surface area contributed by atoms with E-state index in [2.05, 4.69) is 6.92 Å². The van der Waals surface area contributed by atoms with Crippen LogP contribution >= 0.6 is 0 Å². The molecule has 3 rings (SSSR count). The minimum absolute atomic E-state index is 0.00279. The van der Waals surface area contributed by atoms with Gasteiger partial charge in [-0.3, -0.25) is 24.0 Å². The monoisotopic (exact) mass is 678 g/mol. The maximum Gasteiger partial charge on any atom is 0.383 e. The fourth-order valence-electron chi connectivity index (χ4n) is 5.06. The van der Waals surface area contributed by atoms with Gasteiger partial charge in [-0.2, -0.15) is 0 Å². The first kappa shape index (κ1) is 37.8. The molecule has 15 nitrogen and oxygen atoms in total. The molecule has 5 atom stereocenters. The first-order chi connectivity index (χ1) is 22.8. The Bertz CT molecular complexity index is 1510. The second-order valence-electron chi connectivity index (χ2n) is 11.1. The summed E-state index contributed by atoms with van der Waals surface area (Å²) < 4.78 is 49.9. The number of ether oxygens (including phenoxy) is 8. The van der Waals surface area contributed by atoms with Gasteiger partial charge in [0, 0.05) is 40.7 Å². The number of carbonyl (C=O) groups excluding carboxylic acids is 5. The summed E-state index contributed by atoms with van der Waals surface area (Å²) in [6, 6.07) is 4.30. The summed E-state index contributed by atoms with van der Waals surface area (Å²) in [5.74, 6) is -4.13. The normalized spacial score (nSPS) is 20.3. The molecule has 0 bridgehead atoms. The van der Waals surface area contributed by atoms with E-state index in [-0.39, 0.29) is 23.7 Å². The van der Waals surface area contributed by atoms with E-state index >= 15 is 0 Å². The van der Waals surface area contributed by atoms with Gasteiger partial charge in [-0.25, -0.2) is 4.79 Å². The van der Waals surface area contributed by atoms with Crippen LogP contribution in [0.25, 0.3) is 11.0 Å².